The van der Waals surface area contributed by atoms with E-state index >= 15 is 0 Å². The van der Waals surface area contributed by atoms with Gasteiger partial charge in [0.25, 0.3) is 0 Å². The van der Waals surface area contributed by atoms with E-state index in [1.165, 1.54) is 11.3 Å². The summed E-state index contributed by atoms with van der Waals surface area (Å²) in [5.74, 6) is 0.0581. The van der Waals surface area contributed by atoms with Crippen LogP contribution in [0.2, 0.25) is 0 Å². The summed E-state index contributed by atoms with van der Waals surface area (Å²) >= 11 is 1.37. The molecular weight excluding hydrogens is 322 g/mol. The van der Waals surface area contributed by atoms with Crippen LogP contribution in [0.15, 0.2) is 29.6 Å². The molecule has 1 heterocycles. The van der Waals surface area contributed by atoms with Gasteiger partial charge in [-0.3, -0.25) is 9.59 Å². The minimum Gasteiger partial charge on any atom is -0.326 e. The van der Waals surface area contributed by atoms with Crippen LogP contribution in [0.25, 0.3) is 0 Å². The summed E-state index contributed by atoms with van der Waals surface area (Å²) < 4.78 is 0. The van der Waals surface area contributed by atoms with E-state index in [2.05, 4.69) is 15.6 Å². The second-order valence-electron chi connectivity index (χ2n) is 6.15. The number of amides is 2. The number of para-hydroxylation sites is 1. The van der Waals surface area contributed by atoms with E-state index in [4.69, 9.17) is 0 Å². The molecule has 2 aromatic rings. The Morgan fingerprint density at radius 1 is 1.21 bits per heavy atom. The highest BCUT2D eigenvalue weighted by Gasteiger charge is 2.23. The summed E-state index contributed by atoms with van der Waals surface area (Å²) in [4.78, 5) is 28.6. The topological polar surface area (TPSA) is 71.1 Å². The van der Waals surface area contributed by atoms with E-state index in [0.29, 0.717) is 10.8 Å². The molecule has 1 aromatic heterocycles. The number of rotatable bonds is 5. The number of aromatic nitrogens is 1. The fraction of sp³-hybridized carbons (Fsp3) is 0.389. The van der Waals surface area contributed by atoms with Crippen LogP contribution >= 0.6 is 11.3 Å². The van der Waals surface area contributed by atoms with E-state index in [-0.39, 0.29) is 24.2 Å². The first-order valence-electron chi connectivity index (χ1n) is 8.22. The standard InChI is InChI=1S/C18H21N3O2S/c1-12-6-2-5-9-15(12)20-16(22)10-14-11-24-18(19-14)21-17(23)13-7-3-4-8-13/h2,5-6,9,11,13H,3-4,7-8,10H2,1H3,(H,20,22)(H,19,21,23). The third kappa shape index (κ3) is 4.20. The number of nitrogens with zero attached hydrogens (tertiary/aromatic N) is 1. The molecule has 1 fully saturated rings. The van der Waals surface area contributed by atoms with Gasteiger partial charge in [0.05, 0.1) is 12.1 Å². The third-order valence-corrected chi connectivity index (χ3v) is 5.08. The average molecular weight is 343 g/mol. The van der Waals surface area contributed by atoms with E-state index in [1.807, 2.05) is 36.6 Å². The van der Waals surface area contributed by atoms with Crippen LogP contribution in [0.1, 0.15) is 36.9 Å². The Kier molecular flexibility index (Phi) is 5.25. The molecule has 1 aromatic carbocycles. The van der Waals surface area contributed by atoms with Gasteiger partial charge in [-0.2, -0.15) is 0 Å². The molecule has 0 bridgehead atoms. The molecule has 1 aliphatic rings. The number of hydrogen-bond acceptors (Lipinski definition) is 4. The Bertz CT molecular complexity index is 735. The number of carbonyl (C=O) groups excluding carboxylic acids is 2. The molecule has 2 N–H and O–H groups in total. The van der Waals surface area contributed by atoms with E-state index in [0.717, 1.165) is 36.9 Å². The molecule has 126 valence electrons. The third-order valence-electron chi connectivity index (χ3n) is 4.27. The normalized spacial score (nSPS) is 14.5. The average Bonchev–Trinajstić information content (AvgIpc) is 3.21. The zero-order valence-corrected chi connectivity index (χ0v) is 14.5. The van der Waals surface area contributed by atoms with Gasteiger partial charge in [0.15, 0.2) is 5.13 Å². The second kappa shape index (κ2) is 7.57. The minimum atomic E-state index is -0.108. The van der Waals surface area contributed by atoms with Gasteiger partial charge in [0, 0.05) is 17.0 Å². The molecule has 0 spiro atoms. The predicted octanol–water partition coefficient (Wildman–Crippen LogP) is 3.76. The van der Waals surface area contributed by atoms with E-state index in [1.54, 1.807) is 0 Å². The monoisotopic (exact) mass is 343 g/mol. The maximum absolute atomic E-state index is 12.1. The number of anilines is 2. The van der Waals surface area contributed by atoms with Crippen molar-refractivity contribution in [2.45, 2.75) is 39.0 Å². The Morgan fingerprint density at radius 2 is 1.96 bits per heavy atom. The lowest BCUT2D eigenvalue weighted by Crippen LogP contribution is -2.20. The summed E-state index contributed by atoms with van der Waals surface area (Å²) in [5, 5.41) is 8.16. The maximum Gasteiger partial charge on any atom is 0.230 e. The maximum atomic E-state index is 12.1. The number of thiazole rings is 1. The van der Waals surface area contributed by atoms with E-state index < -0.39 is 0 Å². The zero-order valence-electron chi connectivity index (χ0n) is 13.7. The van der Waals surface area contributed by atoms with Crippen LogP contribution in [0.5, 0.6) is 0 Å². The number of benzene rings is 1. The van der Waals surface area contributed by atoms with Crippen LogP contribution in [0.4, 0.5) is 10.8 Å². The first-order chi connectivity index (χ1) is 11.6. The molecule has 24 heavy (non-hydrogen) atoms. The molecule has 1 saturated carbocycles. The quantitative estimate of drug-likeness (QED) is 0.868. The molecular formula is C18H21N3O2S. The van der Waals surface area contributed by atoms with Crippen molar-refractivity contribution in [3.05, 3.63) is 40.9 Å². The zero-order chi connectivity index (χ0) is 16.9. The number of nitrogens with one attached hydrogen (secondary N) is 2. The van der Waals surface area contributed by atoms with Crippen LogP contribution < -0.4 is 10.6 Å². The summed E-state index contributed by atoms with van der Waals surface area (Å²) in [6.45, 7) is 1.95. The highest BCUT2D eigenvalue weighted by atomic mass is 32.1. The van der Waals surface area contributed by atoms with Gasteiger partial charge < -0.3 is 10.6 Å². The van der Waals surface area contributed by atoms with Crippen LogP contribution in [-0.2, 0) is 16.0 Å². The first-order valence-corrected chi connectivity index (χ1v) is 9.10. The van der Waals surface area contributed by atoms with Crippen molar-refractivity contribution in [2.24, 2.45) is 5.92 Å². The fourth-order valence-corrected chi connectivity index (χ4v) is 3.63. The lowest BCUT2D eigenvalue weighted by molar-refractivity contribution is -0.119. The number of hydrogen-bond donors (Lipinski definition) is 2. The van der Waals surface area contributed by atoms with Crippen molar-refractivity contribution in [3.8, 4) is 0 Å². The molecule has 1 aliphatic carbocycles. The largest absolute Gasteiger partial charge is 0.326 e. The summed E-state index contributed by atoms with van der Waals surface area (Å²) in [6.07, 6.45) is 4.37. The lowest BCUT2D eigenvalue weighted by Gasteiger charge is -2.07. The second-order valence-corrected chi connectivity index (χ2v) is 7.01. The van der Waals surface area contributed by atoms with Crippen molar-refractivity contribution >= 4 is 34.0 Å². The minimum absolute atomic E-state index is 0.0535. The van der Waals surface area contributed by atoms with E-state index in [9.17, 15) is 9.59 Å². The first kappa shape index (κ1) is 16.6. The smallest absolute Gasteiger partial charge is 0.230 e. The van der Waals surface area contributed by atoms with Gasteiger partial charge in [-0.1, -0.05) is 31.0 Å². The summed E-state index contributed by atoms with van der Waals surface area (Å²) in [5.41, 5.74) is 2.51. The molecule has 0 radical (unpaired) electrons. The molecule has 0 unspecified atom stereocenters. The van der Waals surface area contributed by atoms with Crippen molar-refractivity contribution in [2.75, 3.05) is 10.6 Å². The number of aryl methyl sites for hydroxylation is 1. The predicted molar refractivity (Wildman–Crippen MR) is 96.2 cm³/mol. The van der Waals surface area contributed by atoms with Crippen LogP contribution in [0.3, 0.4) is 0 Å². The molecule has 6 heteroatoms. The Morgan fingerprint density at radius 3 is 2.71 bits per heavy atom. The van der Waals surface area contributed by atoms with Crippen molar-refractivity contribution in [1.82, 2.24) is 4.98 Å². The van der Waals surface area contributed by atoms with Gasteiger partial charge in [-0.15, -0.1) is 11.3 Å². The Labute approximate surface area is 145 Å². The van der Waals surface area contributed by atoms with Gasteiger partial charge in [0.2, 0.25) is 11.8 Å². The van der Waals surface area contributed by atoms with Crippen molar-refractivity contribution in [3.63, 3.8) is 0 Å². The molecule has 2 amide bonds. The van der Waals surface area contributed by atoms with Crippen LogP contribution in [0, 0.1) is 12.8 Å². The Hall–Kier alpha value is -2.21. The molecule has 5 nitrogen and oxygen atoms in total. The van der Waals surface area contributed by atoms with Gasteiger partial charge >= 0.3 is 0 Å². The number of carbonyl (C=O) groups is 2. The lowest BCUT2D eigenvalue weighted by atomic mass is 10.1. The van der Waals surface area contributed by atoms with Crippen molar-refractivity contribution < 1.29 is 9.59 Å². The highest BCUT2D eigenvalue weighted by Crippen LogP contribution is 2.26. The molecule has 0 aliphatic heterocycles. The highest BCUT2D eigenvalue weighted by molar-refractivity contribution is 7.13. The summed E-state index contributed by atoms with van der Waals surface area (Å²) in [7, 11) is 0. The summed E-state index contributed by atoms with van der Waals surface area (Å²) in [6, 6.07) is 7.66. The van der Waals surface area contributed by atoms with Gasteiger partial charge in [-0.25, -0.2) is 4.98 Å². The van der Waals surface area contributed by atoms with Crippen molar-refractivity contribution in [1.29, 1.82) is 0 Å². The van der Waals surface area contributed by atoms with Gasteiger partial charge in [-0.05, 0) is 31.4 Å². The Balaban J connectivity index is 1.54. The molecule has 3 rings (SSSR count). The SMILES string of the molecule is Cc1ccccc1NC(=O)Cc1csc(NC(=O)C2CCCC2)n1. The molecule has 0 atom stereocenters. The molecule has 0 saturated heterocycles. The van der Waals surface area contributed by atoms with Gasteiger partial charge in [0.1, 0.15) is 0 Å². The fourth-order valence-electron chi connectivity index (χ4n) is 2.91. The van der Waals surface area contributed by atoms with Crippen LogP contribution in [-0.4, -0.2) is 16.8 Å².